The van der Waals surface area contributed by atoms with Gasteiger partial charge in [-0.2, -0.15) is 17.5 Å². The number of rotatable bonds is 4. The maximum absolute atomic E-state index is 12.7. The number of sulfonamides is 1. The molecule has 1 aromatic carbocycles. The van der Waals surface area contributed by atoms with Crippen molar-refractivity contribution in [2.24, 2.45) is 5.92 Å². The maximum atomic E-state index is 12.7. The van der Waals surface area contributed by atoms with E-state index in [1.54, 1.807) is 0 Å². The molecule has 0 saturated carbocycles. The molecule has 6 nitrogen and oxygen atoms in total. The van der Waals surface area contributed by atoms with Crippen molar-refractivity contribution >= 4 is 21.6 Å². The molecule has 1 atom stereocenters. The number of hydrogen-bond donors (Lipinski definition) is 1. The van der Waals surface area contributed by atoms with Crippen molar-refractivity contribution < 1.29 is 26.4 Å². The number of halogens is 3. The molecule has 1 fully saturated rings. The van der Waals surface area contributed by atoms with Crippen molar-refractivity contribution in [1.29, 1.82) is 0 Å². The summed E-state index contributed by atoms with van der Waals surface area (Å²) in [6.07, 6.45) is -1.93. The number of aromatic nitrogens is 1. The minimum absolute atomic E-state index is 0.0444. The van der Waals surface area contributed by atoms with Crippen LogP contribution >= 0.6 is 0 Å². The predicted octanol–water partition coefficient (Wildman–Crippen LogP) is 3.77. The van der Waals surface area contributed by atoms with Crippen LogP contribution < -0.4 is 5.32 Å². The van der Waals surface area contributed by atoms with E-state index in [1.165, 1.54) is 28.6 Å². The molecule has 0 aliphatic carbocycles. The number of benzene rings is 1. The smallest absolute Gasteiger partial charge is 0.322 e. The fraction of sp³-hybridized carbons (Fsp3) is 0.368. The summed E-state index contributed by atoms with van der Waals surface area (Å²) < 4.78 is 64.6. The third kappa shape index (κ3) is 4.94. The molecular formula is C19H20F3N3O3S. The van der Waals surface area contributed by atoms with Crippen LogP contribution in [-0.4, -0.2) is 36.7 Å². The molecule has 1 aliphatic heterocycles. The van der Waals surface area contributed by atoms with E-state index in [0.717, 1.165) is 31.2 Å². The van der Waals surface area contributed by atoms with Gasteiger partial charge in [0.25, 0.3) is 5.91 Å². The zero-order chi connectivity index (χ0) is 21.2. The van der Waals surface area contributed by atoms with Crippen LogP contribution in [-0.2, 0) is 16.2 Å². The first kappa shape index (κ1) is 21.3. The van der Waals surface area contributed by atoms with E-state index in [0.29, 0.717) is 24.7 Å². The van der Waals surface area contributed by atoms with Gasteiger partial charge in [-0.3, -0.25) is 9.78 Å². The SMILES string of the molecule is CC1CCCN(S(=O)(=O)c2ccc(NC(=O)c3ccc(C(F)(F)F)nc3)cc2)C1. The molecule has 1 saturated heterocycles. The highest BCUT2D eigenvalue weighted by Crippen LogP contribution is 2.27. The third-order valence-electron chi connectivity index (χ3n) is 4.69. The van der Waals surface area contributed by atoms with Crippen LogP contribution in [0.5, 0.6) is 0 Å². The molecule has 29 heavy (non-hydrogen) atoms. The van der Waals surface area contributed by atoms with E-state index in [9.17, 15) is 26.4 Å². The molecule has 0 spiro atoms. The molecular weight excluding hydrogens is 407 g/mol. The Labute approximate surface area is 166 Å². The van der Waals surface area contributed by atoms with Crippen molar-refractivity contribution in [3.8, 4) is 0 Å². The lowest BCUT2D eigenvalue weighted by molar-refractivity contribution is -0.141. The van der Waals surface area contributed by atoms with Crippen molar-refractivity contribution in [3.05, 3.63) is 53.9 Å². The molecule has 3 rings (SSSR count). The summed E-state index contributed by atoms with van der Waals surface area (Å²) in [4.78, 5) is 15.6. The van der Waals surface area contributed by atoms with Crippen LogP contribution in [0, 0.1) is 5.92 Å². The van der Waals surface area contributed by atoms with E-state index < -0.39 is 27.8 Å². The van der Waals surface area contributed by atoms with Gasteiger partial charge in [-0.05, 0) is 55.2 Å². The van der Waals surface area contributed by atoms with Crippen molar-refractivity contribution in [2.75, 3.05) is 18.4 Å². The van der Waals surface area contributed by atoms with E-state index in [2.05, 4.69) is 10.3 Å². The van der Waals surface area contributed by atoms with E-state index in [-0.39, 0.29) is 10.5 Å². The van der Waals surface area contributed by atoms with Crippen LogP contribution in [0.2, 0.25) is 0 Å². The van der Waals surface area contributed by atoms with Crippen LogP contribution in [0.25, 0.3) is 0 Å². The lowest BCUT2D eigenvalue weighted by atomic mass is 10.0. The zero-order valence-electron chi connectivity index (χ0n) is 15.6. The Morgan fingerprint density at radius 1 is 1.17 bits per heavy atom. The number of alkyl halides is 3. The summed E-state index contributed by atoms with van der Waals surface area (Å²) in [5.74, 6) is -0.346. The molecule has 1 amide bonds. The Kier molecular flexibility index (Phi) is 5.95. The number of nitrogens with zero attached hydrogens (tertiary/aromatic N) is 2. The lowest BCUT2D eigenvalue weighted by Crippen LogP contribution is -2.39. The quantitative estimate of drug-likeness (QED) is 0.806. The largest absolute Gasteiger partial charge is 0.433 e. The summed E-state index contributed by atoms with van der Waals surface area (Å²) in [7, 11) is -3.61. The Balaban J connectivity index is 1.69. The average Bonchev–Trinajstić information content (AvgIpc) is 2.68. The van der Waals surface area contributed by atoms with Gasteiger partial charge in [-0.15, -0.1) is 0 Å². The van der Waals surface area contributed by atoms with Gasteiger partial charge in [-0.25, -0.2) is 8.42 Å². The van der Waals surface area contributed by atoms with Gasteiger partial charge in [0.05, 0.1) is 10.5 Å². The number of nitrogens with one attached hydrogen (secondary N) is 1. The Hall–Kier alpha value is -2.46. The van der Waals surface area contributed by atoms with Gasteiger partial charge in [0.1, 0.15) is 5.69 Å². The molecule has 156 valence electrons. The van der Waals surface area contributed by atoms with Gasteiger partial charge in [0.2, 0.25) is 10.0 Å². The first-order valence-corrected chi connectivity index (χ1v) is 10.5. The molecule has 2 aromatic rings. The summed E-state index contributed by atoms with van der Waals surface area (Å²) in [6, 6.07) is 7.43. The number of amides is 1. The highest BCUT2D eigenvalue weighted by molar-refractivity contribution is 7.89. The van der Waals surface area contributed by atoms with Crippen LogP contribution in [0.4, 0.5) is 18.9 Å². The van der Waals surface area contributed by atoms with Crippen molar-refractivity contribution in [3.63, 3.8) is 0 Å². The molecule has 1 unspecified atom stereocenters. The first-order valence-electron chi connectivity index (χ1n) is 9.02. The number of anilines is 1. The van der Waals surface area contributed by atoms with Gasteiger partial charge < -0.3 is 5.32 Å². The number of pyridine rings is 1. The third-order valence-corrected chi connectivity index (χ3v) is 6.57. The number of carbonyl (C=O) groups is 1. The normalized spacial score (nSPS) is 18.4. The van der Waals surface area contributed by atoms with Gasteiger partial charge in [0, 0.05) is 25.0 Å². The Morgan fingerprint density at radius 2 is 1.86 bits per heavy atom. The van der Waals surface area contributed by atoms with Gasteiger partial charge in [-0.1, -0.05) is 6.92 Å². The molecule has 2 heterocycles. The maximum Gasteiger partial charge on any atom is 0.433 e. The fourth-order valence-electron chi connectivity index (χ4n) is 3.12. The first-order chi connectivity index (χ1) is 13.6. The Bertz CT molecular complexity index is 974. The standard InChI is InChI=1S/C19H20F3N3O3S/c1-13-3-2-10-25(12-13)29(27,28)16-7-5-15(6-8-16)24-18(26)14-4-9-17(23-11-14)19(20,21)22/h4-9,11,13H,2-3,10,12H2,1H3,(H,24,26). The molecule has 0 bridgehead atoms. The molecule has 1 aromatic heterocycles. The predicted molar refractivity (Wildman–Crippen MR) is 101 cm³/mol. The number of hydrogen-bond acceptors (Lipinski definition) is 4. The molecule has 10 heteroatoms. The highest BCUT2D eigenvalue weighted by atomic mass is 32.2. The summed E-state index contributed by atoms with van der Waals surface area (Å²) >= 11 is 0. The van der Waals surface area contributed by atoms with E-state index in [1.807, 2.05) is 6.92 Å². The molecule has 1 N–H and O–H groups in total. The number of carbonyl (C=O) groups excluding carboxylic acids is 1. The second kappa shape index (κ2) is 8.11. The summed E-state index contributed by atoms with van der Waals surface area (Å²) in [5.41, 5.74) is -0.812. The Morgan fingerprint density at radius 3 is 2.41 bits per heavy atom. The minimum atomic E-state index is -4.58. The van der Waals surface area contributed by atoms with Crippen LogP contribution in [0.1, 0.15) is 35.8 Å². The second-order valence-electron chi connectivity index (χ2n) is 7.02. The van der Waals surface area contributed by atoms with Crippen LogP contribution in [0.15, 0.2) is 47.5 Å². The summed E-state index contributed by atoms with van der Waals surface area (Å²) in [6.45, 7) is 2.96. The van der Waals surface area contributed by atoms with Crippen LogP contribution in [0.3, 0.4) is 0 Å². The monoisotopic (exact) mass is 427 g/mol. The van der Waals surface area contributed by atoms with E-state index in [4.69, 9.17) is 0 Å². The second-order valence-corrected chi connectivity index (χ2v) is 8.96. The number of piperidine rings is 1. The average molecular weight is 427 g/mol. The minimum Gasteiger partial charge on any atom is -0.322 e. The van der Waals surface area contributed by atoms with E-state index >= 15 is 0 Å². The van der Waals surface area contributed by atoms with Gasteiger partial charge in [0.15, 0.2) is 0 Å². The van der Waals surface area contributed by atoms with Crippen molar-refractivity contribution in [1.82, 2.24) is 9.29 Å². The molecule has 0 radical (unpaired) electrons. The zero-order valence-corrected chi connectivity index (χ0v) is 16.4. The van der Waals surface area contributed by atoms with Gasteiger partial charge >= 0.3 is 6.18 Å². The molecule has 1 aliphatic rings. The van der Waals surface area contributed by atoms with Crippen molar-refractivity contribution in [2.45, 2.75) is 30.8 Å². The summed E-state index contributed by atoms with van der Waals surface area (Å²) in [5, 5.41) is 2.51. The lowest BCUT2D eigenvalue weighted by Gasteiger charge is -2.30. The fourth-order valence-corrected chi connectivity index (χ4v) is 4.72. The highest BCUT2D eigenvalue weighted by Gasteiger charge is 2.32. The topological polar surface area (TPSA) is 79.4 Å².